The molecule has 0 heterocycles. The molecular weight excluding hydrogens is 356 g/mol. The molecule has 0 radical (unpaired) electrons. The molecule has 0 atom stereocenters. The van der Waals surface area contributed by atoms with E-state index in [0.29, 0.717) is 18.2 Å². The molecule has 2 rings (SSSR count). The molecule has 0 bridgehead atoms. The standard InChI is InChI=1S/C20H19F2NO4/c1-12(2)9-19(25)23-15-6-3-13(4-7-15)18(24)11-27-20(26)16-8-5-14(21)10-17(16)22/h3-8,10,12H,9,11H2,1-2H3,(H,23,25). The molecule has 7 heteroatoms. The van der Waals surface area contributed by atoms with E-state index in [1.807, 2.05) is 13.8 Å². The SMILES string of the molecule is CC(C)CC(=O)Nc1ccc(C(=O)COC(=O)c2ccc(F)cc2F)cc1. The molecular formula is C20H19F2NO4. The zero-order valence-corrected chi connectivity index (χ0v) is 14.9. The number of anilines is 1. The van der Waals surface area contributed by atoms with Crippen molar-refractivity contribution in [1.82, 2.24) is 0 Å². The Morgan fingerprint density at radius 1 is 1.04 bits per heavy atom. The molecule has 0 fully saturated rings. The van der Waals surface area contributed by atoms with Crippen molar-refractivity contribution in [1.29, 1.82) is 0 Å². The van der Waals surface area contributed by atoms with Crippen LogP contribution >= 0.6 is 0 Å². The fourth-order valence-electron chi connectivity index (χ4n) is 2.27. The molecule has 0 aliphatic rings. The number of rotatable bonds is 7. The number of hydrogen-bond donors (Lipinski definition) is 1. The molecule has 0 aliphatic carbocycles. The van der Waals surface area contributed by atoms with Crippen LogP contribution in [0.25, 0.3) is 0 Å². The minimum Gasteiger partial charge on any atom is -0.454 e. The van der Waals surface area contributed by atoms with E-state index in [1.165, 1.54) is 12.1 Å². The highest BCUT2D eigenvalue weighted by atomic mass is 19.1. The number of hydrogen-bond acceptors (Lipinski definition) is 4. The van der Waals surface area contributed by atoms with Crippen molar-refractivity contribution in [3.05, 3.63) is 65.2 Å². The topological polar surface area (TPSA) is 72.5 Å². The van der Waals surface area contributed by atoms with Gasteiger partial charge in [0.15, 0.2) is 12.4 Å². The Morgan fingerprint density at radius 2 is 1.70 bits per heavy atom. The molecule has 0 spiro atoms. The second-order valence-corrected chi connectivity index (χ2v) is 6.35. The van der Waals surface area contributed by atoms with Crippen LogP contribution in [0, 0.1) is 17.6 Å². The second kappa shape index (κ2) is 9.02. The molecule has 2 aromatic carbocycles. The predicted octanol–water partition coefficient (Wildman–Crippen LogP) is 3.99. The fourth-order valence-corrected chi connectivity index (χ4v) is 2.27. The van der Waals surface area contributed by atoms with Crippen molar-refractivity contribution in [3.8, 4) is 0 Å². The number of halogens is 2. The van der Waals surface area contributed by atoms with Crippen molar-refractivity contribution in [2.75, 3.05) is 11.9 Å². The normalized spacial score (nSPS) is 10.6. The summed E-state index contributed by atoms with van der Waals surface area (Å²) >= 11 is 0. The number of Topliss-reactive ketones (excluding diaryl/α,β-unsaturated/α-hetero) is 1. The minimum absolute atomic E-state index is 0.126. The van der Waals surface area contributed by atoms with Gasteiger partial charge in [-0.05, 0) is 42.3 Å². The second-order valence-electron chi connectivity index (χ2n) is 6.35. The summed E-state index contributed by atoms with van der Waals surface area (Å²) in [6.45, 7) is 3.27. The molecule has 0 unspecified atom stereocenters. The van der Waals surface area contributed by atoms with Gasteiger partial charge in [-0.2, -0.15) is 0 Å². The molecule has 1 amide bonds. The van der Waals surface area contributed by atoms with Crippen molar-refractivity contribution in [2.24, 2.45) is 5.92 Å². The van der Waals surface area contributed by atoms with E-state index in [4.69, 9.17) is 4.74 Å². The lowest BCUT2D eigenvalue weighted by Crippen LogP contribution is -2.16. The highest BCUT2D eigenvalue weighted by molar-refractivity contribution is 6.00. The first-order valence-electron chi connectivity index (χ1n) is 8.31. The number of ketones is 1. The summed E-state index contributed by atoms with van der Waals surface area (Å²) in [4.78, 5) is 35.6. The van der Waals surface area contributed by atoms with Gasteiger partial charge in [0.1, 0.15) is 11.6 Å². The smallest absolute Gasteiger partial charge is 0.341 e. The lowest BCUT2D eigenvalue weighted by molar-refractivity contribution is -0.116. The van der Waals surface area contributed by atoms with E-state index in [9.17, 15) is 23.2 Å². The van der Waals surface area contributed by atoms with Gasteiger partial charge in [0, 0.05) is 23.7 Å². The van der Waals surface area contributed by atoms with Crippen molar-refractivity contribution in [3.63, 3.8) is 0 Å². The Hall–Kier alpha value is -3.09. The van der Waals surface area contributed by atoms with Crippen LogP contribution in [0.4, 0.5) is 14.5 Å². The monoisotopic (exact) mass is 375 g/mol. The molecule has 5 nitrogen and oxygen atoms in total. The van der Waals surface area contributed by atoms with E-state index in [1.54, 1.807) is 12.1 Å². The number of ether oxygens (including phenoxy) is 1. The molecule has 2 aromatic rings. The van der Waals surface area contributed by atoms with Gasteiger partial charge in [-0.25, -0.2) is 13.6 Å². The molecule has 27 heavy (non-hydrogen) atoms. The Bertz CT molecular complexity index is 848. The van der Waals surface area contributed by atoms with Crippen molar-refractivity contribution in [2.45, 2.75) is 20.3 Å². The first kappa shape index (κ1) is 20.2. The predicted molar refractivity (Wildman–Crippen MR) is 95.5 cm³/mol. The quantitative estimate of drug-likeness (QED) is 0.587. The number of amides is 1. The maximum atomic E-state index is 13.5. The van der Waals surface area contributed by atoms with Gasteiger partial charge in [-0.15, -0.1) is 0 Å². The fraction of sp³-hybridized carbons (Fsp3) is 0.250. The summed E-state index contributed by atoms with van der Waals surface area (Å²) in [6.07, 6.45) is 0.385. The molecule has 0 aliphatic heterocycles. The summed E-state index contributed by atoms with van der Waals surface area (Å²) in [5.41, 5.74) is 0.360. The van der Waals surface area contributed by atoms with Gasteiger partial charge in [-0.3, -0.25) is 9.59 Å². The number of esters is 1. The van der Waals surface area contributed by atoms with Crippen LogP contribution in [0.15, 0.2) is 42.5 Å². The van der Waals surface area contributed by atoms with Gasteiger partial charge in [0.2, 0.25) is 5.91 Å². The molecule has 142 valence electrons. The summed E-state index contributed by atoms with van der Waals surface area (Å²) in [5.74, 6) is -3.33. The van der Waals surface area contributed by atoms with Gasteiger partial charge >= 0.3 is 5.97 Å². The number of carbonyl (C=O) groups excluding carboxylic acids is 3. The highest BCUT2D eigenvalue weighted by Gasteiger charge is 2.16. The minimum atomic E-state index is -1.06. The third-order valence-corrected chi connectivity index (χ3v) is 3.57. The Morgan fingerprint density at radius 3 is 2.30 bits per heavy atom. The zero-order valence-electron chi connectivity index (χ0n) is 14.9. The molecule has 0 saturated carbocycles. The largest absolute Gasteiger partial charge is 0.454 e. The van der Waals surface area contributed by atoms with Crippen molar-refractivity contribution >= 4 is 23.3 Å². The average molecular weight is 375 g/mol. The van der Waals surface area contributed by atoms with Gasteiger partial charge in [-0.1, -0.05) is 13.8 Å². The summed E-state index contributed by atoms with van der Waals surface area (Å²) in [6, 6.07) is 8.53. The highest BCUT2D eigenvalue weighted by Crippen LogP contribution is 2.14. The van der Waals surface area contributed by atoms with Gasteiger partial charge in [0.05, 0.1) is 5.56 Å². The maximum Gasteiger partial charge on any atom is 0.341 e. The summed E-state index contributed by atoms with van der Waals surface area (Å²) < 4.78 is 31.1. The van der Waals surface area contributed by atoms with Crippen LogP contribution in [0.2, 0.25) is 0 Å². The Balaban J connectivity index is 1.92. The third kappa shape index (κ3) is 5.99. The molecule has 0 aromatic heterocycles. The van der Waals surface area contributed by atoms with Crippen LogP contribution < -0.4 is 5.32 Å². The number of nitrogens with one attached hydrogen (secondary N) is 1. The number of benzene rings is 2. The lowest BCUT2D eigenvalue weighted by Gasteiger charge is -2.08. The Labute approximate surface area is 155 Å². The van der Waals surface area contributed by atoms with Crippen LogP contribution in [0.1, 0.15) is 41.0 Å². The van der Waals surface area contributed by atoms with E-state index in [-0.39, 0.29) is 17.4 Å². The van der Waals surface area contributed by atoms with Crippen LogP contribution in [-0.4, -0.2) is 24.3 Å². The first-order chi connectivity index (χ1) is 12.8. The third-order valence-electron chi connectivity index (χ3n) is 3.57. The summed E-state index contributed by atoms with van der Waals surface area (Å²) in [5, 5.41) is 2.71. The van der Waals surface area contributed by atoms with Gasteiger partial charge < -0.3 is 10.1 Å². The van der Waals surface area contributed by atoms with Gasteiger partial charge in [0.25, 0.3) is 0 Å². The molecule has 0 saturated heterocycles. The maximum absolute atomic E-state index is 13.5. The van der Waals surface area contributed by atoms with Crippen LogP contribution in [-0.2, 0) is 9.53 Å². The first-order valence-corrected chi connectivity index (χ1v) is 8.31. The van der Waals surface area contributed by atoms with E-state index in [0.717, 1.165) is 12.1 Å². The zero-order chi connectivity index (χ0) is 20.0. The van der Waals surface area contributed by atoms with Crippen molar-refractivity contribution < 1.29 is 27.9 Å². The molecule has 1 N–H and O–H groups in total. The van der Waals surface area contributed by atoms with E-state index >= 15 is 0 Å². The number of carbonyl (C=O) groups is 3. The van der Waals surface area contributed by atoms with Crippen LogP contribution in [0.3, 0.4) is 0 Å². The Kier molecular flexibility index (Phi) is 6.76. The van der Waals surface area contributed by atoms with E-state index < -0.39 is 35.6 Å². The summed E-state index contributed by atoms with van der Waals surface area (Å²) in [7, 11) is 0. The average Bonchev–Trinajstić information content (AvgIpc) is 2.59. The van der Waals surface area contributed by atoms with Crippen LogP contribution in [0.5, 0.6) is 0 Å². The van der Waals surface area contributed by atoms with E-state index in [2.05, 4.69) is 5.32 Å². The lowest BCUT2D eigenvalue weighted by atomic mass is 10.1.